The predicted molar refractivity (Wildman–Crippen MR) is 138 cm³/mol. The van der Waals surface area contributed by atoms with Gasteiger partial charge < -0.3 is 26.0 Å². The van der Waals surface area contributed by atoms with Gasteiger partial charge in [0.2, 0.25) is 0 Å². The number of amides is 2. The molecule has 0 aromatic heterocycles. The lowest BCUT2D eigenvalue weighted by Gasteiger charge is -2.53. The highest BCUT2D eigenvalue weighted by Gasteiger charge is 2.51. The molecule has 7 nitrogen and oxygen atoms in total. The summed E-state index contributed by atoms with van der Waals surface area (Å²) in [7, 11) is 0. The van der Waals surface area contributed by atoms with Crippen molar-refractivity contribution in [3.63, 3.8) is 0 Å². The van der Waals surface area contributed by atoms with Crippen LogP contribution < -0.4 is 15.8 Å². The molecule has 1 aromatic carbocycles. The number of carbonyl (C=O) groups excluding carboxylic acids is 2. The van der Waals surface area contributed by atoms with Gasteiger partial charge in [0.25, 0.3) is 0 Å². The van der Waals surface area contributed by atoms with Gasteiger partial charge in [0.1, 0.15) is 6.10 Å². The molecule has 0 aliphatic heterocycles. The number of primary amides is 1. The molecule has 7 heteroatoms. The standard InChI is InChI=1S/C29H38N2O5/c1-17-10-15-26(23(16-17)31-29(30)35)36-27(34)9-5-8-20-18(2)28-21(20)11-14-25(33)22(28)12-13-24(32)19-6-3-4-7-19/h8,10,15-16,18-19,21-22,24-25,28,32-33H,3-7,9,11,14H2,1-2H3,(H3,30,31,35)/t18?,21-,22+,24?,25-,28+/m0/s1. The van der Waals surface area contributed by atoms with Gasteiger partial charge in [-0.3, -0.25) is 4.79 Å². The summed E-state index contributed by atoms with van der Waals surface area (Å²) in [5, 5.41) is 23.6. The molecule has 0 radical (unpaired) electrons. The number of nitrogens with one attached hydrogen (secondary N) is 1. The Hall–Kier alpha value is -2.82. The summed E-state index contributed by atoms with van der Waals surface area (Å²) in [5.74, 6) is 7.32. The number of hydrogen-bond acceptors (Lipinski definition) is 5. The molecule has 0 heterocycles. The molecule has 0 spiro atoms. The van der Waals surface area contributed by atoms with Crippen molar-refractivity contribution in [2.75, 3.05) is 5.32 Å². The highest BCUT2D eigenvalue weighted by molar-refractivity contribution is 5.90. The SMILES string of the molecule is Cc1ccc(OC(=O)CCC=C2C(C)[C@H]3[C@H](C#CC(O)C4CCCC4)[C@@H](O)CC[C@@H]23)c(NC(N)=O)c1. The fourth-order valence-electron chi connectivity index (χ4n) is 6.31. The van der Waals surface area contributed by atoms with Crippen LogP contribution in [-0.2, 0) is 4.79 Å². The number of aliphatic hydroxyl groups excluding tert-OH is 2. The maximum atomic E-state index is 12.5. The van der Waals surface area contributed by atoms with E-state index >= 15 is 0 Å². The second kappa shape index (κ2) is 11.5. The number of anilines is 1. The first-order valence-corrected chi connectivity index (χ1v) is 13.2. The zero-order valence-electron chi connectivity index (χ0n) is 21.2. The van der Waals surface area contributed by atoms with Crippen molar-refractivity contribution in [1.82, 2.24) is 0 Å². The molecule has 194 valence electrons. The predicted octanol–water partition coefficient (Wildman–Crippen LogP) is 4.31. The molecule has 3 aliphatic rings. The van der Waals surface area contributed by atoms with E-state index in [9.17, 15) is 19.8 Å². The number of esters is 1. The van der Waals surface area contributed by atoms with Crippen LogP contribution >= 0.6 is 0 Å². The minimum Gasteiger partial charge on any atom is -0.424 e. The number of urea groups is 1. The van der Waals surface area contributed by atoms with Crippen LogP contribution in [0.15, 0.2) is 29.8 Å². The number of ether oxygens (including phenoxy) is 1. The quantitative estimate of drug-likeness (QED) is 0.203. The van der Waals surface area contributed by atoms with Gasteiger partial charge in [-0.15, -0.1) is 0 Å². The maximum Gasteiger partial charge on any atom is 0.316 e. The lowest BCUT2D eigenvalue weighted by Crippen LogP contribution is -2.50. The molecular weight excluding hydrogens is 456 g/mol. The summed E-state index contributed by atoms with van der Waals surface area (Å²) in [6.45, 7) is 4.04. The third kappa shape index (κ3) is 5.93. The van der Waals surface area contributed by atoms with Gasteiger partial charge in [-0.25, -0.2) is 4.79 Å². The average molecular weight is 495 g/mol. The Bertz CT molecular complexity index is 1070. The van der Waals surface area contributed by atoms with E-state index in [1.54, 1.807) is 18.2 Å². The largest absolute Gasteiger partial charge is 0.424 e. The second-order valence-electron chi connectivity index (χ2n) is 10.6. The lowest BCUT2D eigenvalue weighted by molar-refractivity contribution is -0.134. The van der Waals surface area contributed by atoms with E-state index < -0.39 is 18.2 Å². The Labute approximate surface area is 213 Å². The summed E-state index contributed by atoms with van der Waals surface area (Å²) in [6.07, 6.45) is 7.89. The van der Waals surface area contributed by atoms with Gasteiger partial charge in [0.15, 0.2) is 5.75 Å². The fraction of sp³-hybridized carbons (Fsp3) is 0.586. The zero-order valence-corrected chi connectivity index (χ0v) is 21.2. The number of benzene rings is 1. The van der Waals surface area contributed by atoms with Crippen LogP contribution in [0.3, 0.4) is 0 Å². The molecular formula is C29H38N2O5. The zero-order chi connectivity index (χ0) is 25.8. The average Bonchev–Trinajstić information content (AvgIpc) is 3.37. The molecule has 2 unspecified atom stereocenters. The van der Waals surface area contributed by atoms with E-state index in [-0.39, 0.29) is 41.8 Å². The van der Waals surface area contributed by atoms with Crippen LogP contribution in [0.2, 0.25) is 0 Å². The molecule has 3 aliphatic carbocycles. The van der Waals surface area contributed by atoms with Crippen LogP contribution in [0.4, 0.5) is 10.5 Å². The summed E-state index contributed by atoms with van der Waals surface area (Å²) >= 11 is 0. The van der Waals surface area contributed by atoms with Crippen molar-refractivity contribution < 1.29 is 24.5 Å². The van der Waals surface area contributed by atoms with Crippen LogP contribution in [-0.4, -0.2) is 34.4 Å². The molecule has 4 rings (SSSR count). The van der Waals surface area contributed by atoms with E-state index in [1.807, 2.05) is 6.92 Å². The Kier molecular flexibility index (Phi) is 8.38. The van der Waals surface area contributed by atoms with Gasteiger partial charge in [0.05, 0.1) is 17.7 Å². The van der Waals surface area contributed by atoms with E-state index in [0.29, 0.717) is 24.4 Å². The fourth-order valence-corrected chi connectivity index (χ4v) is 6.31. The number of hydrogen-bond donors (Lipinski definition) is 4. The van der Waals surface area contributed by atoms with Gasteiger partial charge in [0, 0.05) is 6.42 Å². The van der Waals surface area contributed by atoms with Crippen LogP contribution in [0.1, 0.15) is 63.9 Å². The van der Waals surface area contributed by atoms with Crippen LogP contribution in [0.5, 0.6) is 5.75 Å². The molecule has 2 amide bonds. The van der Waals surface area contributed by atoms with Gasteiger partial charge >= 0.3 is 12.0 Å². The van der Waals surface area contributed by atoms with Crippen molar-refractivity contribution >= 4 is 17.7 Å². The Morgan fingerprint density at radius 3 is 2.72 bits per heavy atom. The molecule has 36 heavy (non-hydrogen) atoms. The van der Waals surface area contributed by atoms with Crippen molar-refractivity contribution in [1.29, 1.82) is 0 Å². The highest BCUT2D eigenvalue weighted by atomic mass is 16.5. The van der Waals surface area contributed by atoms with E-state index in [4.69, 9.17) is 10.5 Å². The van der Waals surface area contributed by atoms with Gasteiger partial charge in [-0.05, 0) is 80.4 Å². The lowest BCUT2D eigenvalue weighted by atomic mass is 9.51. The van der Waals surface area contributed by atoms with E-state index in [2.05, 4.69) is 30.2 Å². The Morgan fingerprint density at radius 1 is 1.25 bits per heavy atom. The Morgan fingerprint density at radius 2 is 2.00 bits per heavy atom. The molecule has 6 atom stereocenters. The second-order valence-corrected chi connectivity index (χ2v) is 10.6. The summed E-state index contributed by atoms with van der Waals surface area (Å²) in [5.41, 5.74) is 7.83. The Balaban J connectivity index is 1.33. The third-order valence-corrected chi connectivity index (χ3v) is 8.19. The number of nitrogens with two attached hydrogens (primary N) is 1. The van der Waals surface area contributed by atoms with Crippen molar-refractivity contribution in [2.45, 2.75) is 77.4 Å². The molecule has 5 N–H and O–H groups in total. The van der Waals surface area contributed by atoms with Crippen LogP contribution in [0.25, 0.3) is 0 Å². The topological polar surface area (TPSA) is 122 Å². The summed E-state index contributed by atoms with van der Waals surface area (Å²) < 4.78 is 5.48. The van der Waals surface area contributed by atoms with Crippen LogP contribution in [0, 0.1) is 48.4 Å². The van der Waals surface area contributed by atoms with Crippen molar-refractivity contribution in [3.05, 3.63) is 35.4 Å². The third-order valence-electron chi connectivity index (χ3n) is 8.19. The summed E-state index contributed by atoms with van der Waals surface area (Å²) in [6, 6.07) is 4.43. The molecule has 0 bridgehead atoms. The number of carbonyl (C=O) groups is 2. The van der Waals surface area contributed by atoms with E-state index in [1.165, 1.54) is 5.57 Å². The first-order valence-electron chi connectivity index (χ1n) is 13.2. The number of allylic oxidation sites excluding steroid dienone is 2. The first-order chi connectivity index (χ1) is 17.2. The smallest absolute Gasteiger partial charge is 0.316 e. The number of aryl methyl sites for hydroxylation is 1. The normalized spacial score (nSPS) is 29.4. The molecule has 0 saturated heterocycles. The molecule has 1 aromatic rings. The number of fused-ring (bicyclic) bond motifs is 1. The molecule has 3 saturated carbocycles. The first kappa shape index (κ1) is 26.2. The van der Waals surface area contributed by atoms with Crippen molar-refractivity contribution in [3.8, 4) is 17.6 Å². The molecule has 3 fully saturated rings. The number of rotatable bonds is 6. The van der Waals surface area contributed by atoms with Gasteiger partial charge in [-0.2, -0.15) is 0 Å². The monoisotopic (exact) mass is 494 g/mol. The van der Waals surface area contributed by atoms with Gasteiger partial charge in [-0.1, -0.05) is 49.3 Å². The number of aliphatic hydroxyl groups is 2. The maximum absolute atomic E-state index is 12.5. The minimum atomic E-state index is -0.718. The van der Waals surface area contributed by atoms with E-state index in [0.717, 1.165) is 37.7 Å². The highest BCUT2D eigenvalue weighted by Crippen LogP contribution is 2.55. The summed E-state index contributed by atoms with van der Waals surface area (Å²) in [4.78, 5) is 23.7. The van der Waals surface area contributed by atoms with Crippen molar-refractivity contribution in [2.24, 2.45) is 35.3 Å². The minimum absolute atomic E-state index is 0.116.